The van der Waals surface area contributed by atoms with Gasteiger partial charge in [0.25, 0.3) is 0 Å². The minimum Gasteiger partial charge on any atom is -0.376 e. The van der Waals surface area contributed by atoms with Crippen LogP contribution in [0.25, 0.3) is 0 Å². The fourth-order valence-electron chi connectivity index (χ4n) is 3.27. The van der Waals surface area contributed by atoms with Gasteiger partial charge < -0.3 is 14.2 Å². The third kappa shape index (κ3) is 5.24. The van der Waals surface area contributed by atoms with Crippen LogP contribution in [0.4, 0.5) is 0 Å². The highest BCUT2D eigenvalue weighted by Crippen LogP contribution is 2.23. The molecular weight excluding hydrogens is 385 g/mol. The van der Waals surface area contributed by atoms with Crippen LogP contribution in [-0.2, 0) is 22.6 Å². The quantitative estimate of drug-likeness (QED) is 0.680. The smallest absolute Gasteiger partial charge is 0.225 e. The first kappa shape index (κ1) is 20.2. The third-order valence-electron chi connectivity index (χ3n) is 4.72. The van der Waals surface area contributed by atoms with Crippen molar-refractivity contribution in [2.45, 2.75) is 45.9 Å². The zero-order chi connectivity index (χ0) is 19.4. The average molecular weight is 410 g/mol. The van der Waals surface area contributed by atoms with Gasteiger partial charge >= 0.3 is 0 Å². The summed E-state index contributed by atoms with van der Waals surface area (Å²) in [6, 6.07) is 5.60. The Morgan fingerprint density at radius 2 is 2.19 bits per heavy atom. The molecule has 0 saturated carbocycles. The predicted molar refractivity (Wildman–Crippen MR) is 107 cm³/mol. The molecule has 0 spiro atoms. The second-order valence-corrected chi connectivity index (χ2v) is 8.04. The maximum Gasteiger partial charge on any atom is 0.225 e. The highest BCUT2D eigenvalue weighted by Gasteiger charge is 2.25. The van der Waals surface area contributed by atoms with Crippen LogP contribution in [0.3, 0.4) is 0 Å². The molecule has 0 N–H and O–H groups in total. The Balaban J connectivity index is 1.75. The second kappa shape index (κ2) is 9.09. The van der Waals surface area contributed by atoms with Crippen LogP contribution in [0, 0.1) is 5.92 Å². The lowest BCUT2D eigenvalue weighted by Gasteiger charge is -2.27. The van der Waals surface area contributed by atoms with Crippen molar-refractivity contribution in [1.82, 2.24) is 14.5 Å². The monoisotopic (exact) mass is 409 g/mol. The van der Waals surface area contributed by atoms with Gasteiger partial charge in [0.2, 0.25) is 5.91 Å². The Kier molecular flexibility index (Phi) is 6.79. The van der Waals surface area contributed by atoms with Gasteiger partial charge in [-0.15, -0.1) is 0 Å². The van der Waals surface area contributed by atoms with Crippen molar-refractivity contribution >= 4 is 29.1 Å². The lowest BCUT2D eigenvalue weighted by molar-refractivity contribution is -0.136. The van der Waals surface area contributed by atoms with E-state index in [0.717, 1.165) is 30.8 Å². The number of rotatable bonds is 7. The number of carbonyl (C=O) groups is 1. The number of nitrogens with zero attached hydrogens (tertiary/aromatic N) is 3. The van der Waals surface area contributed by atoms with Gasteiger partial charge in [-0.25, -0.2) is 4.98 Å². The summed E-state index contributed by atoms with van der Waals surface area (Å²) < 4.78 is 7.77. The van der Waals surface area contributed by atoms with Crippen LogP contribution >= 0.6 is 23.2 Å². The molecule has 0 bridgehead atoms. The van der Waals surface area contributed by atoms with E-state index < -0.39 is 0 Å². The highest BCUT2D eigenvalue weighted by atomic mass is 35.5. The molecule has 1 saturated heterocycles. The molecule has 1 atom stereocenters. The molecule has 1 aliphatic rings. The summed E-state index contributed by atoms with van der Waals surface area (Å²) in [7, 11) is 0. The molecule has 1 aliphatic heterocycles. The first-order valence-corrected chi connectivity index (χ1v) is 10.0. The molecule has 1 amide bonds. The summed E-state index contributed by atoms with van der Waals surface area (Å²) >= 11 is 12.1. The number of halogens is 2. The second-order valence-electron chi connectivity index (χ2n) is 7.23. The fourth-order valence-corrected chi connectivity index (χ4v) is 3.59. The number of aromatic nitrogens is 2. The van der Waals surface area contributed by atoms with E-state index in [1.165, 1.54) is 0 Å². The number of carbonyl (C=O) groups excluding carboxylic acids is 1. The van der Waals surface area contributed by atoms with Crippen molar-refractivity contribution in [3.05, 3.63) is 52.0 Å². The van der Waals surface area contributed by atoms with Crippen molar-refractivity contribution in [2.75, 3.05) is 13.2 Å². The molecule has 0 radical (unpaired) electrons. The van der Waals surface area contributed by atoms with Crippen LogP contribution in [-0.4, -0.2) is 39.6 Å². The van der Waals surface area contributed by atoms with Gasteiger partial charge in [0.1, 0.15) is 5.82 Å². The number of amides is 1. The molecule has 27 heavy (non-hydrogen) atoms. The number of ether oxygens (including phenoxy) is 1. The zero-order valence-corrected chi connectivity index (χ0v) is 17.2. The minimum atomic E-state index is -0.0649. The van der Waals surface area contributed by atoms with E-state index in [4.69, 9.17) is 27.9 Å². The number of imidazole rings is 1. The Bertz CT molecular complexity index is 785. The van der Waals surface area contributed by atoms with Gasteiger partial charge in [-0.1, -0.05) is 43.1 Å². The maximum atomic E-state index is 12.7. The van der Waals surface area contributed by atoms with Crippen LogP contribution in [0.5, 0.6) is 0 Å². The van der Waals surface area contributed by atoms with E-state index in [9.17, 15) is 4.79 Å². The van der Waals surface area contributed by atoms with Gasteiger partial charge in [0, 0.05) is 38.0 Å². The predicted octanol–water partition coefficient (Wildman–Crippen LogP) is 4.40. The van der Waals surface area contributed by atoms with E-state index in [-0.39, 0.29) is 17.9 Å². The summed E-state index contributed by atoms with van der Waals surface area (Å²) in [5.41, 5.74) is 1.03. The highest BCUT2D eigenvalue weighted by molar-refractivity contribution is 6.42. The lowest BCUT2D eigenvalue weighted by Crippen LogP contribution is -2.39. The van der Waals surface area contributed by atoms with Crippen molar-refractivity contribution in [2.24, 2.45) is 5.92 Å². The van der Waals surface area contributed by atoms with E-state index in [0.29, 0.717) is 29.7 Å². The molecule has 2 aromatic rings. The molecular formula is C20H25Cl2N3O2. The van der Waals surface area contributed by atoms with Crippen molar-refractivity contribution < 1.29 is 9.53 Å². The topological polar surface area (TPSA) is 47.4 Å². The molecule has 1 aromatic heterocycles. The van der Waals surface area contributed by atoms with Gasteiger partial charge in [0.15, 0.2) is 0 Å². The summed E-state index contributed by atoms with van der Waals surface area (Å²) in [4.78, 5) is 19.1. The summed E-state index contributed by atoms with van der Waals surface area (Å²) in [6.07, 6.45) is 5.85. The molecule has 5 nitrogen and oxygen atoms in total. The van der Waals surface area contributed by atoms with E-state index in [2.05, 4.69) is 4.98 Å². The number of benzene rings is 1. The molecule has 1 aromatic carbocycles. The Hall–Kier alpha value is -1.56. The summed E-state index contributed by atoms with van der Waals surface area (Å²) in [5.74, 6) is 0.896. The fraction of sp³-hybridized carbons (Fsp3) is 0.500. The van der Waals surface area contributed by atoms with Crippen molar-refractivity contribution in [1.29, 1.82) is 0 Å². The van der Waals surface area contributed by atoms with Gasteiger partial charge in [-0.3, -0.25) is 4.79 Å². The van der Waals surface area contributed by atoms with Gasteiger partial charge in [-0.2, -0.15) is 0 Å². The molecule has 146 valence electrons. The van der Waals surface area contributed by atoms with Crippen LogP contribution in [0.2, 0.25) is 10.0 Å². The first-order chi connectivity index (χ1) is 12.9. The Morgan fingerprint density at radius 3 is 2.85 bits per heavy atom. The Morgan fingerprint density at radius 1 is 1.37 bits per heavy atom. The Labute approximate surface area is 170 Å². The van der Waals surface area contributed by atoms with Crippen LogP contribution < -0.4 is 0 Å². The van der Waals surface area contributed by atoms with Gasteiger partial charge in [0.05, 0.1) is 22.7 Å². The number of hydrogen-bond acceptors (Lipinski definition) is 3. The molecule has 0 aliphatic carbocycles. The molecule has 3 rings (SSSR count). The van der Waals surface area contributed by atoms with Crippen molar-refractivity contribution in [3.8, 4) is 0 Å². The largest absolute Gasteiger partial charge is 0.376 e. The van der Waals surface area contributed by atoms with Crippen LogP contribution in [0.15, 0.2) is 30.6 Å². The van der Waals surface area contributed by atoms with Gasteiger partial charge in [-0.05, 0) is 30.5 Å². The number of hydrogen-bond donors (Lipinski definition) is 0. The van der Waals surface area contributed by atoms with E-state index in [1.54, 1.807) is 12.3 Å². The summed E-state index contributed by atoms with van der Waals surface area (Å²) in [5, 5.41) is 1.07. The third-order valence-corrected chi connectivity index (χ3v) is 5.46. The molecule has 1 fully saturated rings. The van der Waals surface area contributed by atoms with E-state index in [1.807, 2.05) is 41.6 Å². The normalized spacial score (nSPS) is 16.9. The maximum absolute atomic E-state index is 12.7. The first-order valence-electron chi connectivity index (χ1n) is 9.28. The summed E-state index contributed by atoms with van der Waals surface area (Å²) in [6.45, 7) is 6.32. The zero-order valence-electron chi connectivity index (χ0n) is 15.7. The average Bonchev–Trinajstić information content (AvgIpc) is 3.29. The van der Waals surface area contributed by atoms with Crippen LogP contribution in [0.1, 0.15) is 38.1 Å². The molecule has 7 heteroatoms. The molecule has 0 unspecified atom stereocenters. The minimum absolute atomic E-state index is 0.0649. The molecule has 2 heterocycles. The van der Waals surface area contributed by atoms with Crippen molar-refractivity contribution in [3.63, 3.8) is 0 Å². The lowest BCUT2D eigenvalue weighted by atomic mass is 10.1. The SMILES string of the molecule is CC(C)C(=O)N(Cc1nccn1Cc1ccc(Cl)c(Cl)c1)C[C@@H]1CCCO1. The van der Waals surface area contributed by atoms with E-state index >= 15 is 0 Å². The standard InChI is InChI=1S/C20H25Cl2N3O2/c1-14(2)20(26)25(12-16-4-3-9-27-16)13-19-23-7-8-24(19)11-15-5-6-17(21)18(22)10-15/h5-8,10,14,16H,3-4,9,11-13H2,1-2H3/t16-/m0/s1.